The van der Waals surface area contributed by atoms with E-state index in [9.17, 15) is 15.0 Å². The van der Waals surface area contributed by atoms with Crippen LogP contribution < -0.4 is 14.7 Å². The van der Waals surface area contributed by atoms with Crippen molar-refractivity contribution in [3.8, 4) is 22.9 Å². The molecule has 2 heterocycles. The molecule has 196 valence electrons. The van der Waals surface area contributed by atoms with Gasteiger partial charge in [-0.2, -0.15) is 0 Å². The number of hydrogen-bond donors (Lipinski definition) is 1. The first-order valence-electron chi connectivity index (χ1n) is 12.7. The average Bonchev–Trinajstić information content (AvgIpc) is 2.80. The number of fused-ring (bicyclic) bond motifs is 3. The molecule has 1 aliphatic heterocycles. The van der Waals surface area contributed by atoms with E-state index >= 15 is 0 Å². The molecule has 1 N–H and O–H groups in total. The van der Waals surface area contributed by atoms with E-state index < -0.39 is 6.17 Å². The summed E-state index contributed by atoms with van der Waals surface area (Å²) in [5.41, 5.74) is 3.20. The van der Waals surface area contributed by atoms with Crippen molar-refractivity contribution in [2.24, 2.45) is 0 Å². The minimum atomic E-state index is -0.720. The van der Waals surface area contributed by atoms with Crippen LogP contribution in [0.4, 0.5) is 5.69 Å². The van der Waals surface area contributed by atoms with Crippen LogP contribution in [0.1, 0.15) is 84.7 Å². The number of benzene rings is 2. The maximum Gasteiger partial charge on any atom is 0.293 e. The van der Waals surface area contributed by atoms with Crippen molar-refractivity contribution in [1.82, 2.24) is 10.1 Å². The maximum absolute atomic E-state index is 13.4. The molecule has 0 saturated carbocycles. The Balaban J connectivity index is 2.11. The number of phenolic OH excluding ortho intramolecular Hbond substituents is 1. The van der Waals surface area contributed by atoms with Crippen LogP contribution in [0.2, 0.25) is 0 Å². The topological polar surface area (TPSA) is 93.3 Å². The molecule has 0 aliphatic carbocycles. The van der Waals surface area contributed by atoms with E-state index in [1.807, 2.05) is 36.4 Å². The predicted molar refractivity (Wildman–Crippen MR) is 145 cm³/mol. The summed E-state index contributed by atoms with van der Waals surface area (Å²) in [6, 6.07) is 11.3. The van der Waals surface area contributed by atoms with Crippen LogP contribution in [-0.4, -0.2) is 26.8 Å². The van der Waals surface area contributed by atoms with Gasteiger partial charge in [0, 0.05) is 34.5 Å². The van der Waals surface area contributed by atoms with Crippen molar-refractivity contribution in [3.63, 3.8) is 0 Å². The first-order chi connectivity index (χ1) is 17.3. The molecule has 0 bridgehead atoms. The zero-order valence-corrected chi connectivity index (χ0v) is 23.7. The lowest BCUT2D eigenvalue weighted by molar-refractivity contribution is -0.764. The smallest absolute Gasteiger partial charge is 0.293 e. The van der Waals surface area contributed by atoms with Gasteiger partial charge in [0.05, 0.1) is 17.1 Å². The number of nitrogens with zero attached hydrogens (tertiary/aromatic N) is 4. The number of carbonyl (C=O) groups excluding carboxylic acids is 1. The Morgan fingerprint density at radius 1 is 1.11 bits per heavy atom. The number of carbonyl (C=O) groups is 1. The molecule has 8 heteroatoms. The quantitative estimate of drug-likeness (QED) is 0.374. The normalized spacial score (nSPS) is 15.4. The second-order valence-electron chi connectivity index (χ2n) is 11.6. The molecule has 7 nitrogen and oxygen atoms in total. The fourth-order valence-electron chi connectivity index (χ4n) is 4.78. The number of rotatable bonds is 4. The zero-order valence-electron chi connectivity index (χ0n) is 22.9. The van der Waals surface area contributed by atoms with Gasteiger partial charge >= 0.3 is 0 Å². The number of aromatic hydroxyl groups is 1. The zero-order chi connectivity index (χ0) is 27.3. The van der Waals surface area contributed by atoms with Gasteiger partial charge in [0.15, 0.2) is 0 Å². The van der Waals surface area contributed by atoms with E-state index in [0.717, 1.165) is 28.9 Å². The Labute approximate surface area is 223 Å². The summed E-state index contributed by atoms with van der Waals surface area (Å²) in [5.74, 6) is 0.482. The number of aromatic nitrogens is 3. The van der Waals surface area contributed by atoms with Crippen molar-refractivity contribution < 1.29 is 19.7 Å². The van der Waals surface area contributed by atoms with Gasteiger partial charge in [-0.05, 0) is 41.5 Å². The SMILES string of the molecule is CCCSc1nc([O-])c2[n+](n1)C(c1cc(C(C)(C)C)c(O)c(C(C)(C)C)c1)N(C(C)=O)c1ccccc1-2. The van der Waals surface area contributed by atoms with E-state index in [0.29, 0.717) is 22.1 Å². The van der Waals surface area contributed by atoms with E-state index in [1.54, 1.807) is 9.58 Å². The van der Waals surface area contributed by atoms with Gasteiger partial charge in [0.25, 0.3) is 17.0 Å². The summed E-state index contributed by atoms with van der Waals surface area (Å²) >= 11 is 1.43. The lowest BCUT2D eigenvalue weighted by atomic mass is 9.78. The molecule has 0 radical (unpaired) electrons. The molecule has 0 saturated heterocycles. The highest BCUT2D eigenvalue weighted by molar-refractivity contribution is 7.99. The minimum Gasteiger partial charge on any atom is -0.854 e. The molecule has 1 aromatic heterocycles. The Morgan fingerprint density at radius 3 is 2.24 bits per heavy atom. The van der Waals surface area contributed by atoms with Crippen molar-refractivity contribution in [2.45, 2.75) is 84.0 Å². The molecule has 1 atom stereocenters. The summed E-state index contributed by atoms with van der Waals surface area (Å²) in [5, 5.41) is 30.0. The molecule has 1 unspecified atom stereocenters. The van der Waals surface area contributed by atoms with Crippen LogP contribution in [0.25, 0.3) is 11.3 Å². The molecule has 0 fully saturated rings. The van der Waals surface area contributed by atoms with Gasteiger partial charge in [-0.15, -0.1) is 0 Å². The lowest BCUT2D eigenvalue weighted by Crippen LogP contribution is -2.58. The Hall–Kier alpha value is -3.13. The van der Waals surface area contributed by atoms with Gasteiger partial charge < -0.3 is 10.2 Å². The fraction of sp³-hybridized carbons (Fsp3) is 0.448. The first-order valence-corrected chi connectivity index (χ1v) is 13.6. The molecule has 1 aliphatic rings. The molecular formula is C29H36N4O3S. The number of phenols is 1. The van der Waals surface area contributed by atoms with E-state index in [4.69, 9.17) is 5.10 Å². The Kier molecular flexibility index (Phi) is 7.01. The standard InChI is InChI=1S/C29H36N4O3S/c1-9-14-37-27-30-25(36)23-19-12-10-11-13-22(19)32(17(2)34)26(33(23)31-27)18-15-20(28(3,4)5)24(35)21(16-18)29(6,7)8/h10-13,15-16,26H,9,14H2,1-8H3,(H-,30,31,35,36). The van der Waals surface area contributed by atoms with Crippen molar-refractivity contribution in [3.05, 3.63) is 53.1 Å². The highest BCUT2D eigenvalue weighted by Crippen LogP contribution is 2.45. The third-order valence-corrected chi connectivity index (χ3v) is 7.58. The molecule has 4 rings (SSSR count). The summed E-state index contributed by atoms with van der Waals surface area (Å²) < 4.78 is 1.66. The van der Waals surface area contributed by atoms with E-state index in [1.165, 1.54) is 18.7 Å². The van der Waals surface area contributed by atoms with Gasteiger partial charge in [0.1, 0.15) is 5.75 Å². The number of anilines is 1. The highest BCUT2D eigenvalue weighted by Gasteiger charge is 2.45. The lowest BCUT2D eigenvalue weighted by Gasteiger charge is -2.34. The second-order valence-corrected chi connectivity index (χ2v) is 12.6. The summed E-state index contributed by atoms with van der Waals surface area (Å²) in [7, 11) is 0. The Bertz CT molecular complexity index is 1320. The van der Waals surface area contributed by atoms with E-state index in [2.05, 4.69) is 53.5 Å². The van der Waals surface area contributed by atoms with Crippen molar-refractivity contribution in [1.29, 1.82) is 0 Å². The largest absolute Gasteiger partial charge is 0.854 e. The van der Waals surface area contributed by atoms with Crippen LogP contribution in [0.5, 0.6) is 11.6 Å². The summed E-state index contributed by atoms with van der Waals surface area (Å²) in [4.78, 5) is 19.2. The number of thioether (sulfide) groups is 1. The maximum atomic E-state index is 13.4. The van der Waals surface area contributed by atoms with Gasteiger partial charge in [-0.1, -0.05) is 77.0 Å². The highest BCUT2D eigenvalue weighted by atomic mass is 32.2. The van der Waals surface area contributed by atoms with Crippen LogP contribution in [0.3, 0.4) is 0 Å². The predicted octanol–water partition coefficient (Wildman–Crippen LogP) is 5.22. The molecule has 1 amide bonds. The second kappa shape index (κ2) is 9.63. The minimum absolute atomic E-state index is 0.174. The monoisotopic (exact) mass is 520 g/mol. The average molecular weight is 521 g/mol. The Morgan fingerprint density at radius 2 is 1.70 bits per heavy atom. The van der Waals surface area contributed by atoms with Crippen molar-refractivity contribution >= 4 is 23.4 Å². The van der Waals surface area contributed by atoms with Crippen molar-refractivity contribution in [2.75, 3.05) is 10.7 Å². The third-order valence-electron chi connectivity index (χ3n) is 6.54. The van der Waals surface area contributed by atoms with E-state index in [-0.39, 0.29) is 28.4 Å². The van der Waals surface area contributed by atoms with Crippen LogP contribution in [0.15, 0.2) is 41.6 Å². The number of amides is 1. The first kappa shape index (κ1) is 26.9. The van der Waals surface area contributed by atoms with Gasteiger partial charge in [-0.25, -0.2) is 9.88 Å². The van der Waals surface area contributed by atoms with Gasteiger partial charge in [0.2, 0.25) is 5.91 Å². The van der Waals surface area contributed by atoms with Crippen LogP contribution in [0, 0.1) is 0 Å². The fourth-order valence-corrected chi connectivity index (χ4v) is 5.46. The number of para-hydroxylation sites is 1. The molecular weight excluding hydrogens is 484 g/mol. The van der Waals surface area contributed by atoms with Crippen LogP contribution in [-0.2, 0) is 15.6 Å². The molecule has 37 heavy (non-hydrogen) atoms. The molecule has 3 aromatic rings. The number of hydrogen-bond acceptors (Lipinski definition) is 6. The summed E-state index contributed by atoms with van der Waals surface area (Å²) in [6.45, 7) is 15.9. The molecule has 0 spiro atoms. The van der Waals surface area contributed by atoms with Gasteiger partial charge in [-0.3, -0.25) is 4.79 Å². The summed E-state index contributed by atoms with van der Waals surface area (Å²) in [6.07, 6.45) is 0.194. The molecule has 2 aromatic carbocycles. The third kappa shape index (κ3) is 4.91. The van der Waals surface area contributed by atoms with Crippen LogP contribution >= 0.6 is 11.8 Å².